The molecule has 1 aromatic carbocycles. The predicted octanol–water partition coefficient (Wildman–Crippen LogP) is -10.8. The summed E-state index contributed by atoms with van der Waals surface area (Å²) in [6.45, 7) is 2.08. The van der Waals surface area contributed by atoms with Gasteiger partial charge in [0.1, 0.15) is 0 Å². The minimum Gasteiger partial charge on any atom is -0.822 e. The molecule has 0 aliphatic heterocycles. The van der Waals surface area contributed by atoms with Crippen LogP contribution in [0.1, 0.15) is 5.56 Å². The summed E-state index contributed by atoms with van der Waals surface area (Å²) in [7, 11) is -5.39. The average Bonchev–Trinajstić information content (AvgIpc) is 2.00. The fourth-order valence-electron chi connectivity index (χ4n) is 0.534. The second kappa shape index (κ2) is 19.6. The van der Waals surface area contributed by atoms with Crippen molar-refractivity contribution >= 4 is 13.9 Å². The number of hydrogen-bond donors (Lipinski definition) is 2. The van der Waals surface area contributed by atoms with E-state index in [-0.39, 0.29) is 88.7 Å². The van der Waals surface area contributed by atoms with Crippen LogP contribution in [0.15, 0.2) is 30.3 Å². The molecule has 0 aromatic heterocycles. The summed E-state index contributed by atoms with van der Waals surface area (Å²) < 4.78 is 8.55. The van der Waals surface area contributed by atoms with Crippen LogP contribution in [-0.2, 0) is 4.57 Å². The molecule has 2 amide bonds. The van der Waals surface area contributed by atoms with Crippen molar-refractivity contribution in [1.82, 2.24) is 0 Å². The number of hydrogen-bond acceptors (Lipinski definition) is 5. The Bertz CT molecular complexity index is 337. The van der Waals surface area contributed by atoms with E-state index in [0.29, 0.717) is 0 Å². The molecule has 92 valence electrons. The Labute approximate surface area is 178 Å². The van der Waals surface area contributed by atoms with Gasteiger partial charge in [-0.15, -0.1) is 0 Å². The van der Waals surface area contributed by atoms with Crippen molar-refractivity contribution in [3.05, 3.63) is 35.9 Å². The first-order valence-electron chi connectivity index (χ1n) is 3.92. The van der Waals surface area contributed by atoms with Crippen LogP contribution in [0.5, 0.6) is 0 Å². The summed E-state index contributed by atoms with van der Waals surface area (Å²) in [4.78, 5) is 34.6. The number of carbonyl (C=O) groups is 1. The topological polar surface area (TPSA) is 155 Å². The number of aryl methyl sites for hydroxylation is 1. The van der Waals surface area contributed by atoms with Crippen LogP contribution >= 0.6 is 7.82 Å². The molecule has 0 radical (unpaired) electrons. The zero-order valence-corrected chi connectivity index (χ0v) is 18.4. The summed E-state index contributed by atoms with van der Waals surface area (Å²) >= 11 is 0. The van der Waals surface area contributed by atoms with E-state index >= 15 is 0 Å². The summed E-state index contributed by atoms with van der Waals surface area (Å²) in [5.41, 5.74) is 9.82. The monoisotopic (exact) mass is 316 g/mol. The molecule has 7 nitrogen and oxygen atoms in total. The van der Waals surface area contributed by atoms with Crippen LogP contribution in [0.4, 0.5) is 4.79 Å². The van der Waals surface area contributed by atoms with Crippen LogP contribution in [0.25, 0.3) is 0 Å². The fourth-order valence-corrected chi connectivity index (χ4v) is 0.534. The minimum atomic E-state index is -5.39. The zero-order chi connectivity index (χ0) is 13.2. The molecule has 0 saturated carbocycles. The van der Waals surface area contributed by atoms with Gasteiger partial charge < -0.3 is 30.7 Å². The Balaban J connectivity index is -0.0000000499. The molecule has 4 N–H and O–H groups in total. The van der Waals surface area contributed by atoms with Crippen LogP contribution in [0.3, 0.4) is 0 Å². The number of urea groups is 1. The molecule has 1 rings (SSSR count). The smallest absolute Gasteiger partial charge is 0.822 e. The maximum atomic E-state index is 9.00. The van der Waals surface area contributed by atoms with Crippen molar-refractivity contribution in [2.75, 3.05) is 0 Å². The molecule has 0 fully saturated rings. The molecule has 19 heavy (non-hydrogen) atoms. The van der Waals surface area contributed by atoms with Gasteiger partial charge in [0, 0.05) is 0 Å². The van der Waals surface area contributed by atoms with Crippen molar-refractivity contribution < 1.29 is 113 Å². The molecule has 0 atom stereocenters. The van der Waals surface area contributed by atoms with Gasteiger partial charge in [-0.3, -0.25) is 0 Å². The van der Waals surface area contributed by atoms with Gasteiger partial charge in [-0.1, -0.05) is 35.9 Å². The fraction of sp³-hybridized carbons (Fsp3) is 0.125. The van der Waals surface area contributed by atoms with Crippen LogP contribution < -0.4 is 115 Å². The number of amides is 2. The van der Waals surface area contributed by atoms with Crippen molar-refractivity contribution in [3.63, 3.8) is 0 Å². The van der Waals surface area contributed by atoms with E-state index in [1.165, 1.54) is 5.56 Å². The van der Waals surface area contributed by atoms with Gasteiger partial charge in [0.05, 0.1) is 0 Å². The number of carbonyl (C=O) groups excluding carboxylic acids is 1. The number of rotatable bonds is 0. The van der Waals surface area contributed by atoms with Gasteiger partial charge in [-0.05, 0) is 6.92 Å². The molecular formula is C8H12N2Na3O5P. The molecule has 0 aliphatic carbocycles. The van der Waals surface area contributed by atoms with Crippen LogP contribution in [0, 0.1) is 6.92 Å². The first-order valence-corrected chi connectivity index (χ1v) is 5.38. The number of primary amides is 2. The maximum Gasteiger partial charge on any atom is 1.00 e. The predicted molar refractivity (Wildman–Crippen MR) is 52.6 cm³/mol. The van der Waals surface area contributed by atoms with Crippen LogP contribution in [-0.4, -0.2) is 6.03 Å². The van der Waals surface area contributed by atoms with Gasteiger partial charge in [0.2, 0.25) is 0 Å². The second-order valence-electron chi connectivity index (χ2n) is 2.50. The zero-order valence-electron chi connectivity index (χ0n) is 11.5. The van der Waals surface area contributed by atoms with Gasteiger partial charge >= 0.3 is 94.7 Å². The van der Waals surface area contributed by atoms with E-state index in [0.717, 1.165) is 0 Å². The number of phosphoric acid groups is 1. The first-order chi connectivity index (χ1) is 7.13. The van der Waals surface area contributed by atoms with Gasteiger partial charge in [-0.25, -0.2) is 4.79 Å². The third-order valence-electron chi connectivity index (χ3n) is 0.940. The Morgan fingerprint density at radius 2 is 1.21 bits per heavy atom. The first kappa shape index (κ1) is 32.5. The van der Waals surface area contributed by atoms with Gasteiger partial charge in [0.25, 0.3) is 0 Å². The third-order valence-corrected chi connectivity index (χ3v) is 0.940. The van der Waals surface area contributed by atoms with Crippen molar-refractivity contribution in [2.45, 2.75) is 6.92 Å². The average molecular weight is 316 g/mol. The quantitative estimate of drug-likeness (QED) is 0.359. The summed E-state index contributed by atoms with van der Waals surface area (Å²) in [6, 6.07) is 9.43. The molecule has 0 spiro atoms. The SMILES string of the molecule is Cc1ccccc1.NC(N)=O.O=P([O-])([O-])[O-].[Na+].[Na+].[Na+]. The standard InChI is InChI=1S/C7H8.CH4N2O.3Na.H3O4P/c1-7-5-3-2-4-6-7;2-1(3)4;;;;1-5(2,3)4/h2-6H,1H3;(H4,2,3,4);;;;(H3,1,2,3,4)/q;;3*+1;/p-3. The Morgan fingerprint density at radius 3 is 1.32 bits per heavy atom. The number of nitrogens with two attached hydrogens (primary N) is 2. The Morgan fingerprint density at radius 1 is 1.00 bits per heavy atom. The molecule has 0 aliphatic rings. The summed E-state index contributed by atoms with van der Waals surface area (Å²) in [6.07, 6.45) is 0. The largest absolute Gasteiger partial charge is 1.00 e. The molecule has 0 saturated heterocycles. The van der Waals surface area contributed by atoms with E-state index < -0.39 is 13.9 Å². The van der Waals surface area contributed by atoms with E-state index in [2.05, 4.69) is 30.5 Å². The van der Waals surface area contributed by atoms with Gasteiger partial charge in [-0.2, -0.15) is 7.82 Å². The minimum absolute atomic E-state index is 0. The van der Waals surface area contributed by atoms with Crippen LogP contribution in [0.2, 0.25) is 0 Å². The number of benzene rings is 1. The molecule has 0 unspecified atom stereocenters. The van der Waals surface area contributed by atoms with E-state index in [1.807, 2.05) is 18.2 Å². The second-order valence-corrected chi connectivity index (χ2v) is 3.40. The Hall–Kier alpha value is 1.60. The summed E-state index contributed by atoms with van der Waals surface area (Å²) in [5.74, 6) is 0. The van der Waals surface area contributed by atoms with Gasteiger partial charge in [0.15, 0.2) is 0 Å². The normalized spacial score (nSPS) is 7.58. The maximum absolute atomic E-state index is 9.00. The molecule has 11 heteroatoms. The molecule has 0 bridgehead atoms. The van der Waals surface area contributed by atoms with Crippen molar-refractivity contribution in [3.8, 4) is 0 Å². The van der Waals surface area contributed by atoms with Crippen molar-refractivity contribution in [1.29, 1.82) is 0 Å². The molecular weight excluding hydrogens is 304 g/mol. The van der Waals surface area contributed by atoms with Crippen molar-refractivity contribution in [2.24, 2.45) is 11.5 Å². The van der Waals surface area contributed by atoms with E-state index in [9.17, 15) is 0 Å². The molecule has 1 aromatic rings. The third kappa shape index (κ3) is 65.9. The Kier molecular flexibility index (Phi) is 33.5. The summed E-state index contributed by atoms with van der Waals surface area (Å²) in [5, 5.41) is 0. The van der Waals surface area contributed by atoms with E-state index in [4.69, 9.17) is 24.0 Å². The molecule has 0 heterocycles. The van der Waals surface area contributed by atoms with E-state index in [1.54, 1.807) is 0 Å².